The van der Waals surface area contributed by atoms with E-state index in [0.29, 0.717) is 0 Å². The minimum atomic E-state index is 0. The molecule has 3 aromatic heterocycles. The van der Waals surface area contributed by atoms with E-state index >= 15 is 0 Å². The van der Waals surface area contributed by atoms with Gasteiger partial charge in [0.25, 0.3) is 0 Å². The fourth-order valence-electron chi connectivity index (χ4n) is 3.15. The van der Waals surface area contributed by atoms with Gasteiger partial charge in [-0.3, -0.25) is 9.97 Å². The summed E-state index contributed by atoms with van der Waals surface area (Å²) in [6, 6.07) is 29.6. The van der Waals surface area contributed by atoms with E-state index in [4.69, 9.17) is 4.98 Å². The van der Waals surface area contributed by atoms with Gasteiger partial charge in [0.1, 0.15) is 5.82 Å². The first-order valence-corrected chi connectivity index (χ1v) is 10.1. The Kier molecular flexibility index (Phi) is 6.22. The molecule has 0 saturated carbocycles. The van der Waals surface area contributed by atoms with Gasteiger partial charge in [-0.15, -0.1) is 42.1 Å². The summed E-state index contributed by atoms with van der Waals surface area (Å²) in [7, 11) is 0. The largest absolute Gasteiger partial charge is 2.00 e. The standard InChI is InChI=1S/C24H16N4S.Pt/c1-2-9-20(10-3-1)28(21-11-6-8-19(18-21)24-25-14-17-29-24)23-13-7-12-22(26-23)27-15-4-5-16-27;/h1-15,17H;/q-2;+2. The van der Waals surface area contributed by atoms with Crippen molar-refractivity contribution in [1.82, 2.24) is 14.5 Å². The van der Waals surface area contributed by atoms with E-state index in [9.17, 15) is 0 Å². The van der Waals surface area contributed by atoms with Gasteiger partial charge in [0.2, 0.25) is 0 Å². The van der Waals surface area contributed by atoms with Crippen LogP contribution in [0.15, 0.2) is 96.6 Å². The molecule has 0 atom stereocenters. The third kappa shape index (κ3) is 4.13. The molecular weight excluding hydrogens is 571 g/mol. The minimum absolute atomic E-state index is 0. The molecule has 3 heterocycles. The van der Waals surface area contributed by atoms with Crippen LogP contribution in [-0.4, -0.2) is 14.5 Å². The quantitative estimate of drug-likeness (QED) is 0.235. The average Bonchev–Trinajstić information content (AvgIpc) is 3.50. The Labute approximate surface area is 193 Å². The average molecular weight is 588 g/mol. The molecule has 0 spiro atoms. The van der Waals surface area contributed by atoms with Crippen LogP contribution in [0.25, 0.3) is 16.4 Å². The van der Waals surface area contributed by atoms with Gasteiger partial charge in [-0.1, -0.05) is 36.5 Å². The minimum Gasteiger partial charge on any atom is -0.436 e. The van der Waals surface area contributed by atoms with Crippen molar-refractivity contribution >= 4 is 28.5 Å². The maximum atomic E-state index is 4.89. The van der Waals surface area contributed by atoms with E-state index in [-0.39, 0.29) is 21.1 Å². The van der Waals surface area contributed by atoms with Gasteiger partial charge in [-0.05, 0) is 23.9 Å². The molecule has 6 heteroatoms. The van der Waals surface area contributed by atoms with E-state index < -0.39 is 0 Å². The number of hydrogen-bond acceptors (Lipinski definition) is 4. The molecule has 5 rings (SSSR count). The number of thiazole rings is 1. The second kappa shape index (κ2) is 9.20. The Bertz CT molecular complexity index is 1130. The Morgan fingerprint density at radius 3 is 2.53 bits per heavy atom. The van der Waals surface area contributed by atoms with Gasteiger partial charge in [0.15, 0.2) is 0 Å². The van der Waals surface area contributed by atoms with Crippen molar-refractivity contribution in [2.45, 2.75) is 0 Å². The third-order valence-corrected chi connectivity index (χ3v) is 5.24. The molecule has 0 bridgehead atoms. The molecule has 0 N–H and O–H groups in total. The van der Waals surface area contributed by atoms with E-state index in [1.165, 1.54) is 0 Å². The summed E-state index contributed by atoms with van der Waals surface area (Å²) in [5, 5.41) is 2.92. The molecule has 0 amide bonds. The fraction of sp³-hybridized carbons (Fsp3) is 0. The zero-order valence-corrected chi connectivity index (χ0v) is 18.8. The Balaban J connectivity index is 0.00000218. The zero-order chi connectivity index (χ0) is 19.5. The maximum Gasteiger partial charge on any atom is 2.00 e. The fourth-order valence-corrected chi connectivity index (χ4v) is 3.77. The number of benzene rings is 2. The number of rotatable bonds is 5. The smallest absolute Gasteiger partial charge is 0.436 e. The maximum absolute atomic E-state index is 4.89. The molecular formula is C24H16N4PtS. The van der Waals surface area contributed by atoms with Crippen molar-refractivity contribution in [3.8, 4) is 16.4 Å². The zero-order valence-electron chi connectivity index (χ0n) is 15.8. The number of pyridine rings is 1. The predicted molar refractivity (Wildman–Crippen MR) is 117 cm³/mol. The molecule has 0 radical (unpaired) electrons. The van der Waals surface area contributed by atoms with Crippen LogP contribution in [0, 0.1) is 12.3 Å². The Hall–Kier alpha value is -3.01. The number of para-hydroxylation sites is 1. The summed E-state index contributed by atoms with van der Waals surface area (Å²) in [5.74, 6) is 1.62. The summed E-state index contributed by atoms with van der Waals surface area (Å²) in [6.07, 6.45) is 6.90. The summed E-state index contributed by atoms with van der Waals surface area (Å²) in [5.41, 5.74) is 2.89. The first kappa shape index (κ1) is 20.3. The van der Waals surface area contributed by atoms with E-state index in [1.54, 1.807) is 11.3 Å². The second-order valence-corrected chi connectivity index (χ2v) is 7.21. The Morgan fingerprint density at radius 2 is 1.77 bits per heavy atom. The van der Waals surface area contributed by atoms with Crippen LogP contribution in [0.1, 0.15) is 0 Å². The van der Waals surface area contributed by atoms with Crippen molar-refractivity contribution in [3.63, 3.8) is 0 Å². The molecule has 5 aromatic rings. The first-order chi connectivity index (χ1) is 14.4. The second-order valence-electron chi connectivity index (χ2n) is 6.32. The molecule has 0 unspecified atom stereocenters. The summed E-state index contributed by atoms with van der Waals surface area (Å²) in [6.45, 7) is 0. The van der Waals surface area contributed by atoms with Crippen molar-refractivity contribution in [2.24, 2.45) is 0 Å². The van der Waals surface area contributed by atoms with Gasteiger partial charge in [0, 0.05) is 22.3 Å². The van der Waals surface area contributed by atoms with Crippen molar-refractivity contribution in [2.75, 3.05) is 4.90 Å². The normalized spacial score (nSPS) is 10.4. The third-order valence-electron chi connectivity index (χ3n) is 4.44. The van der Waals surface area contributed by atoms with Gasteiger partial charge in [-0.25, -0.2) is 0 Å². The van der Waals surface area contributed by atoms with Crippen LogP contribution in [0.3, 0.4) is 0 Å². The van der Waals surface area contributed by atoms with Crippen molar-refractivity contribution in [1.29, 1.82) is 0 Å². The van der Waals surface area contributed by atoms with E-state index in [0.717, 1.165) is 33.6 Å². The summed E-state index contributed by atoms with van der Waals surface area (Å²) < 4.78 is 1.88. The monoisotopic (exact) mass is 587 g/mol. The number of aromatic nitrogens is 3. The van der Waals surface area contributed by atoms with E-state index in [2.05, 4.69) is 34.3 Å². The molecule has 0 saturated heterocycles. The SMILES string of the molecule is [Pt+2].[c-]1c(-c2nccs2)cccc1N(c1ccccc1)c1cccc(-n2[c-]ccc2)n1. The van der Waals surface area contributed by atoms with Gasteiger partial charge >= 0.3 is 21.1 Å². The number of nitrogens with zero attached hydrogens (tertiary/aromatic N) is 4. The first-order valence-electron chi connectivity index (χ1n) is 9.18. The van der Waals surface area contributed by atoms with E-state index in [1.807, 2.05) is 89.1 Å². The molecule has 0 aliphatic rings. The molecule has 0 fully saturated rings. The summed E-state index contributed by atoms with van der Waals surface area (Å²) in [4.78, 5) is 11.4. The molecule has 0 aliphatic carbocycles. The topological polar surface area (TPSA) is 34.0 Å². The van der Waals surface area contributed by atoms with Gasteiger partial charge < -0.3 is 9.47 Å². The van der Waals surface area contributed by atoms with Crippen LogP contribution in [-0.2, 0) is 21.1 Å². The molecule has 148 valence electrons. The van der Waals surface area contributed by atoms with Crippen LogP contribution in [0.4, 0.5) is 17.2 Å². The van der Waals surface area contributed by atoms with Gasteiger partial charge in [0.05, 0.1) is 5.82 Å². The molecule has 0 aliphatic heterocycles. The van der Waals surface area contributed by atoms with Crippen LogP contribution in [0.2, 0.25) is 0 Å². The van der Waals surface area contributed by atoms with Crippen molar-refractivity contribution in [3.05, 3.63) is 109 Å². The predicted octanol–water partition coefficient (Wildman–Crippen LogP) is 6.06. The van der Waals surface area contributed by atoms with Crippen LogP contribution >= 0.6 is 11.3 Å². The number of anilines is 3. The molecule has 30 heavy (non-hydrogen) atoms. The Morgan fingerprint density at radius 1 is 0.900 bits per heavy atom. The number of hydrogen-bond donors (Lipinski definition) is 0. The summed E-state index contributed by atoms with van der Waals surface area (Å²) >= 11 is 1.60. The molecule has 2 aromatic carbocycles. The van der Waals surface area contributed by atoms with Crippen LogP contribution < -0.4 is 4.90 Å². The molecule has 4 nitrogen and oxygen atoms in total. The van der Waals surface area contributed by atoms with Crippen molar-refractivity contribution < 1.29 is 21.1 Å². The van der Waals surface area contributed by atoms with Gasteiger partial charge in [-0.2, -0.15) is 17.4 Å². The van der Waals surface area contributed by atoms with Crippen LogP contribution in [0.5, 0.6) is 0 Å².